The summed E-state index contributed by atoms with van der Waals surface area (Å²) in [4.78, 5) is 11.8. The van der Waals surface area contributed by atoms with E-state index in [1.54, 1.807) is 0 Å². The third-order valence-corrected chi connectivity index (χ3v) is 5.10. The first-order chi connectivity index (χ1) is 13.2. The fourth-order valence-corrected chi connectivity index (χ4v) is 3.63. The Kier molecular flexibility index (Phi) is 3.91. The highest BCUT2D eigenvalue weighted by Crippen LogP contribution is 2.30. The Morgan fingerprint density at radius 1 is 0.963 bits per heavy atom. The van der Waals surface area contributed by atoms with Gasteiger partial charge in [0.2, 0.25) is 0 Å². The number of rotatable bonds is 2. The molecular weight excluding hydrogens is 364 g/mol. The summed E-state index contributed by atoms with van der Waals surface area (Å²) in [6.45, 7) is 4.97. The van der Waals surface area contributed by atoms with Crippen molar-refractivity contribution >= 4 is 34.2 Å². The van der Waals surface area contributed by atoms with Crippen molar-refractivity contribution in [1.29, 1.82) is 0 Å². The van der Waals surface area contributed by atoms with Crippen molar-refractivity contribution in [3.8, 4) is 11.4 Å². The van der Waals surface area contributed by atoms with E-state index >= 15 is 0 Å². The van der Waals surface area contributed by atoms with Crippen LogP contribution in [0.5, 0.6) is 0 Å². The number of hydrogen-bond acceptors (Lipinski definition) is 6. The number of morpholine rings is 1. The molecule has 5 rings (SSSR count). The second kappa shape index (κ2) is 6.44. The molecule has 0 amide bonds. The zero-order chi connectivity index (χ0) is 18.4. The number of hydrogen-bond donors (Lipinski definition) is 0. The second-order valence-corrected chi connectivity index (χ2v) is 6.88. The van der Waals surface area contributed by atoms with E-state index in [1.807, 2.05) is 47.7 Å². The number of aryl methyl sites for hydroxylation is 1. The van der Waals surface area contributed by atoms with E-state index in [0.717, 1.165) is 41.6 Å². The highest BCUT2D eigenvalue weighted by atomic mass is 35.5. The highest BCUT2D eigenvalue weighted by molar-refractivity contribution is 6.33. The average molecular weight is 381 g/mol. The number of aromatic nitrogens is 5. The molecule has 0 N–H and O–H groups in total. The first kappa shape index (κ1) is 16.4. The molecule has 27 heavy (non-hydrogen) atoms. The van der Waals surface area contributed by atoms with E-state index < -0.39 is 0 Å². The molecule has 0 atom stereocenters. The Balaban J connectivity index is 1.79. The predicted molar refractivity (Wildman–Crippen MR) is 104 cm³/mol. The number of imidazole rings is 1. The summed E-state index contributed by atoms with van der Waals surface area (Å²) >= 11 is 6.44. The lowest BCUT2D eigenvalue weighted by atomic mass is 10.2. The van der Waals surface area contributed by atoms with Crippen LogP contribution in [0.1, 0.15) is 5.69 Å². The Morgan fingerprint density at radius 2 is 1.78 bits per heavy atom. The quantitative estimate of drug-likeness (QED) is 0.532. The standard InChI is InChI=1S/C19H17ClN6O/c1-12-17-24-23-15-6-7-16(25-8-10-27-11-9-25)22-19(15)26(17)18(21-12)13-4-2-3-5-14(13)20/h2-7H,8-11H2,1H3. The average Bonchev–Trinajstić information content (AvgIpc) is 3.05. The predicted octanol–water partition coefficient (Wildman–Crippen LogP) is 3.14. The van der Waals surface area contributed by atoms with Gasteiger partial charge in [0.05, 0.1) is 23.9 Å². The molecular formula is C19H17ClN6O. The summed E-state index contributed by atoms with van der Waals surface area (Å²) in [5, 5.41) is 9.33. The van der Waals surface area contributed by atoms with Crippen LogP contribution in [-0.2, 0) is 4.74 Å². The molecule has 0 unspecified atom stereocenters. The lowest BCUT2D eigenvalue weighted by Gasteiger charge is -2.27. The van der Waals surface area contributed by atoms with Crippen molar-refractivity contribution in [2.75, 3.05) is 31.2 Å². The van der Waals surface area contributed by atoms with Crippen molar-refractivity contribution in [2.24, 2.45) is 0 Å². The lowest BCUT2D eigenvalue weighted by molar-refractivity contribution is 0.122. The first-order valence-corrected chi connectivity index (χ1v) is 9.20. The molecule has 1 fully saturated rings. The number of fused-ring (bicyclic) bond motifs is 3. The molecule has 1 saturated heterocycles. The molecule has 0 aliphatic carbocycles. The molecule has 1 aliphatic rings. The summed E-state index contributed by atoms with van der Waals surface area (Å²) in [5.41, 5.74) is 3.75. The molecule has 0 bridgehead atoms. The van der Waals surface area contributed by atoms with Gasteiger partial charge in [-0.2, -0.15) is 0 Å². The summed E-state index contributed by atoms with van der Waals surface area (Å²) in [6, 6.07) is 11.6. The Morgan fingerprint density at radius 3 is 2.59 bits per heavy atom. The fourth-order valence-electron chi connectivity index (χ4n) is 3.41. The van der Waals surface area contributed by atoms with Crippen molar-refractivity contribution in [3.63, 3.8) is 0 Å². The van der Waals surface area contributed by atoms with Gasteiger partial charge in [-0.05, 0) is 31.2 Å². The number of benzene rings is 1. The summed E-state index contributed by atoms with van der Waals surface area (Å²) in [5.74, 6) is 1.62. The van der Waals surface area contributed by atoms with E-state index in [1.165, 1.54) is 0 Å². The van der Waals surface area contributed by atoms with Gasteiger partial charge in [-0.25, -0.2) is 9.97 Å². The molecule has 3 aromatic heterocycles. The number of halogens is 1. The van der Waals surface area contributed by atoms with Crippen molar-refractivity contribution in [1.82, 2.24) is 24.6 Å². The lowest BCUT2D eigenvalue weighted by Crippen LogP contribution is -2.36. The van der Waals surface area contributed by atoms with Crippen LogP contribution in [0.2, 0.25) is 5.02 Å². The third kappa shape index (κ3) is 2.70. The van der Waals surface area contributed by atoms with Gasteiger partial charge in [-0.1, -0.05) is 23.7 Å². The normalized spacial score (nSPS) is 15.0. The van der Waals surface area contributed by atoms with Crippen molar-refractivity contribution in [2.45, 2.75) is 6.92 Å². The zero-order valence-electron chi connectivity index (χ0n) is 14.8. The largest absolute Gasteiger partial charge is 0.378 e. The van der Waals surface area contributed by atoms with Crippen LogP contribution in [0.15, 0.2) is 36.4 Å². The topological polar surface area (TPSA) is 68.4 Å². The number of anilines is 1. The minimum atomic E-state index is 0.638. The molecule has 136 valence electrons. The maximum atomic E-state index is 6.44. The SMILES string of the molecule is Cc1nc(-c2ccccc2Cl)n2c1nnc1ccc(N3CCOCC3)nc12. The van der Waals surface area contributed by atoms with Gasteiger partial charge >= 0.3 is 0 Å². The fraction of sp³-hybridized carbons (Fsp3) is 0.263. The monoisotopic (exact) mass is 380 g/mol. The van der Waals surface area contributed by atoms with Crippen LogP contribution >= 0.6 is 11.6 Å². The maximum Gasteiger partial charge on any atom is 0.184 e. The molecule has 4 heterocycles. The van der Waals surface area contributed by atoms with Gasteiger partial charge in [-0.15, -0.1) is 10.2 Å². The Labute approximate surface area is 160 Å². The highest BCUT2D eigenvalue weighted by Gasteiger charge is 2.19. The minimum Gasteiger partial charge on any atom is -0.378 e. The molecule has 0 saturated carbocycles. The van der Waals surface area contributed by atoms with E-state index in [2.05, 4.69) is 15.1 Å². The Hall–Kier alpha value is -2.77. The van der Waals surface area contributed by atoms with Crippen LogP contribution in [0, 0.1) is 6.92 Å². The van der Waals surface area contributed by atoms with Crippen LogP contribution in [0.25, 0.3) is 28.2 Å². The van der Waals surface area contributed by atoms with E-state index in [0.29, 0.717) is 29.4 Å². The minimum absolute atomic E-state index is 0.638. The van der Waals surface area contributed by atoms with Crippen molar-refractivity contribution < 1.29 is 4.74 Å². The smallest absolute Gasteiger partial charge is 0.184 e. The summed E-state index contributed by atoms with van der Waals surface area (Å²) in [6.07, 6.45) is 0. The second-order valence-electron chi connectivity index (χ2n) is 6.47. The number of ether oxygens (including phenoxy) is 1. The van der Waals surface area contributed by atoms with Gasteiger partial charge < -0.3 is 9.64 Å². The van der Waals surface area contributed by atoms with Crippen LogP contribution in [0.3, 0.4) is 0 Å². The molecule has 0 spiro atoms. The van der Waals surface area contributed by atoms with Gasteiger partial charge in [0, 0.05) is 18.7 Å². The third-order valence-electron chi connectivity index (χ3n) is 4.77. The van der Waals surface area contributed by atoms with Crippen LogP contribution in [0.4, 0.5) is 5.82 Å². The van der Waals surface area contributed by atoms with E-state index in [-0.39, 0.29) is 0 Å². The van der Waals surface area contributed by atoms with Gasteiger partial charge in [0.25, 0.3) is 0 Å². The zero-order valence-corrected chi connectivity index (χ0v) is 15.5. The van der Waals surface area contributed by atoms with Gasteiger partial charge in [-0.3, -0.25) is 4.40 Å². The van der Waals surface area contributed by atoms with Gasteiger partial charge in [0.1, 0.15) is 17.2 Å². The van der Waals surface area contributed by atoms with Crippen molar-refractivity contribution in [3.05, 3.63) is 47.1 Å². The van der Waals surface area contributed by atoms with E-state index in [4.69, 9.17) is 26.3 Å². The molecule has 0 radical (unpaired) electrons. The molecule has 8 heteroatoms. The molecule has 7 nitrogen and oxygen atoms in total. The number of pyridine rings is 1. The molecule has 1 aromatic carbocycles. The summed E-state index contributed by atoms with van der Waals surface area (Å²) < 4.78 is 7.40. The molecule has 1 aliphatic heterocycles. The summed E-state index contributed by atoms with van der Waals surface area (Å²) in [7, 11) is 0. The van der Waals surface area contributed by atoms with Crippen LogP contribution in [-0.4, -0.2) is 50.9 Å². The van der Waals surface area contributed by atoms with Crippen LogP contribution < -0.4 is 4.90 Å². The first-order valence-electron chi connectivity index (χ1n) is 8.82. The van der Waals surface area contributed by atoms with E-state index in [9.17, 15) is 0 Å². The molecule has 4 aromatic rings. The maximum absolute atomic E-state index is 6.44. The number of nitrogens with zero attached hydrogens (tertiary/aromatic N) is 6. The van der Waals surface area contributed by atoms with Gasteiger partial charge in [0.15, 0.2) is 11.3 Å². The Bertz CT molecular complexity index is 1150.